The summed E-state index contributed by atoms with van der Waals surface area (Å²) in [5, 5.41) is 8.87. The first kappa shape index (κ1) is 10.9. The minimum absolute atomic E-state index is 0.191. The molecule has 1 aromatic rings. The molecule has 0 aromatic heterocycles. The quantitative estimate of drug-likeness (QED) is 0.813. The highest BCUT2D eigenvalue weighted by Crippen LogP contribution is 2.22. The van der Waals surface area contributed by atoms with E-state index in [0.717, 1.165) is 18.2 Å². The van der Waals surface area contributed by atoms with Gasteiger partial charge in [-0.1, -0.05) is 0 Å². The number of aliphatic hydroxyl groups is 1. The Hall–Kier alpha value is -1.16. The number of hydrogen-bond donors (Lipinski definition) is 1. The summed E-state index contributed by atoms with van der Waals surface area (Å²) in [4.78, 5) is 0. The van der Waals surface area contributed by atoms with E-state index in [1.54, 1.807) is 13.8 Å². The van der Waals surface area contributed by atoms with Gasteiger partial charge in [-0.15, -0.1) is 0 Å². The number of aliphatic hydroxyl groups excluding tert-OH is 1. The summed E-state index contributed by atoms with van der Waals surface area (Å²) in [5.41, 5.74) is -0.922. The summed E-state index contributed by atoms with van der Waals surface area (Å²) in [5.74, 6) is -1.41. The van der Waals surface area contributed by atoms with Crippen molar-refractivity contribution < 1.29 is 18.6 Å². The van der Waals surface area contributed by atoms with Gasteiger partial charge in [0.05, 0.1) is 6.61 Å². The van der Waals surface area contributed by atoms with Gasteiger partial charge >= 0.3 is 0 Å². The molecule has 2 nitrogen and oxygen atoms in total. The third kappa shape index (κ3) is 2.67. The van der Waals surface area contributed by atoms with Gasteiger partial charge in [-0.2, -0.15) is 0 Å². The third-order valence-corrected chi connectivity index (χ3v) is 1.66. The first-order chi connectivity index (χ1) is 6.44. The summed E-state index contributed by atoms with van der Waals surface area (Å²) < 4.78 is 30.9. The molecule has 14 heavy (non-hydrogen) atoms. The van der Waals surface area contributed by atoms with Gasteiger partial charge in [-0.05, 0) is 26.0 Å². The molecule has 0 unspecified atom stereocenters. The van der Waals surface area contributed by atoms with Crippen LogP contribution in [-0.2, 0) is 0 Å². The molecule has 0 aliphatic heterocycles. The van der Waals surface area contributed by atoms with Gasteiger partial charge in [-0.25, -0.2) is 8.78 Å². The Morgan fingerprint density at radius 1 is 1.36 bits per heavy atom. The SMILES string of the molecule is CC(C)(CO)Oc1cc(F)ccc1F. The molecule has 1 N–H and O–H groups in total. The van der Waals surface area contributed by atoms with Crippen LogP contribution in [0.15, 0.2) is 18.2 Å². The van der Waals surface area contributed by atoms with Gasteiger partial charge in [0.2, 0.25) is 0 Å². The predicted molar refractivity (Wildman–Crippen MR) is 48.2 cm³/mol. The molecule has 0 spiro atoms. The normalized spacial score (nSPS) is 11.5. The van der Waals surface area contributed by atoms with Crippen LogP contribution in [0.5, 0.6) is 5.75 Å². The number of ether oxygens (including phenoxy) is 1. The largest absolute Gasteiger partial charge is 0.482 e. The minimum atomic E-state index is -0.922. The second-order valence-corrected chi connectivity index (χ2v) is 3.59. The Bertz CT molecular complexity index is 324. The summed E-state index contributed by atoms with van der Waals surface area (Å²) in [7, 11) is 0. The van der Waals surface area contributed by atoms with Crippen LogP contribution in [-0.4, -0.2) is 17.3 Å². The van der Waals surface area contributed by atoms with Crippen molar-refractivity contribution in [3.8, 4) is 5.75 Å². The van der Waals surface area contributed by atoms with E-state index in [9.17, 15) is 8.78 Å². The molecule has 1 aromatic carbocycles. The maximum absolute atomic E-state index is 13.1. The van der Waals surface area contributed by atoms with Crippen molar-refractivity contribution in [3.63, 3.8) is 0 Å². The van der Waals surface area contributed by atoms with Crippen LogP contribution in [0.3, 0.4) is 0 Å². The van der Waals surface area contributed by atoms with Crippen molar-refractivity contribution in [3.05, 3.63) is 29.8 Å². The van der Waals surface area contributed by atoms with Gasteiger partial charge < -0.3 is 9.84 Å². The third-order valence-electron chi connectivity index (χ3n) is 1.66. The molecule has 0 heterocycles. The van der Waals surface area contributed by atoms with E-state index < -0.39 is 17.2 Å². The van der Waals surface area contributed by atoms with Gasteiger partial charge in [0.25, 0.3) is 0 Å². The molecule has 1 rings (SSSR count). The Morgan fingerprint density at radius 3 is 2.57 bits per heavy atom. The lowest BCUT2D eigenvalue weighted by Crippen LogP contribution is -2.32. The van der Waals surface area contributed by atoms with Crippen molar-refractivity contribution in [1.29, 1.82) is 0 Å². The second kappa shape index (κ2) is 3.92. The molecule has 0 fully saturated rings. The van der Waals surface area contributed by atoms with Crippen LogP contribution in [0, 0.1) is 11.6 Å². The van der Waals surface area contributed by atoms with Crippen LogP contribution in [0.4, 0.5) is 8.78 Å². The molecule has 0 radical (unpaired) electrons. The Kier molecular flexibility index (Phi) is 3.06. The molecule has 0 aliphatic rings. The van der Waals surface area contributed by atoms with Crippen molar-refractivity contribution >= 4 is 0 Å². The van der Waals surface area contributed by atoms with E-state index in [4.69, 9.17) is 9.84 Å². The summed E-state index contributed by atoms with van der Waals surface area (Å²) in [6.07, 6.45) is 0. The monoisotopic (exact) mass is 202 g/mol. The highest BCUT2D eigenvalue weighted by Gasteiger charge is 2.20. The topological polar surface area (TPSA) is 29.5 Å². The maximum Gasteiger partial charge on any atom is 0.165 e. The number of halogens is 2. The Labute approximate surface area is 81.1 Å². The maximum atomic E-state index is 13.1. The van der Waals surface area contributed by atoms with Gasteiger partial charge in [0, 0.05) is 6.07 Å². The van der Waals surface area contributed by atoms with Crippen LogP contribution >= 0.6 is 0 Å². The molecule has 0 bridgehead atoms. The van der Waals surface area contributed by atoms with Crippen molar-refractivity contribution in [2.75, 3.05) is 6.61 Å². The zero-order valence-electron chi connectivity index (χ0n) is 8.05. The standard InChI is InChI=1S/C10H12F2O2/c1-10(2,6-13)14-9-5-7(11)3-4-8(9)12/h3-5,13H,6H2,1-2H3. The van der Waals surface area contributed by atoms with Gasteiger partial charge in [0.1, 0.15) is 11.4 Å². The zero-order chi connectivity index (χ0) is 10.8. The van der Waals surface area contributed by atoms with Crippen molar-refractivity contribution in [1.82, 2.24) is 0 Å². The average molecular weight is 202 g/mol. The second-order valence-electron chi connectivity index (χ2n) is 3.59. The highest BCUT2D eigenvalue weighted by atomic mass is 19.1. The minimum Gasteiger partial charge on any atom is -0.482 e. The van der Waals surface area contributed by atoms with Crippen molar-refractivity contribution in [2.45, 2.75) is 19.4 Å². The first-order valence-corrected chi connectivity index (χ1v) is 4.19. The zero-order valence-corrected chi connectivity index (χ0v) is 8.05. The fourth-order valence-electron chi connectivity index (χ4n) is 0.885. The van der Waals surface area contributed by atoms with Gasteiger partial charge in [0.15, 0.2) is 11.6 Å². The lowest BCUT2D eigenvalue weighted by molar-refractivity contribution is 0.0376. The summed E-state index contributed by atoms with van der Waals surface area (Å²) in [6.45, 7) is 2.89. The molecule has 0 amide bonds. The Morgan fingerprint density at radius 2 is 2.00 bits per heavy atom. The van der Waals surface area contributed by atoms with Crippen LogP contribution in [0.2, 0.25) is 0 Å². The lowest BCUT2D eigenvalue weighted by atomic mass is 10.1. The van der Waals surface area contributed by atoms with Crippen LogP contribution in [0.1, 0.15) is 13.8 Å². The van der Waals surface area contributed by atoms with E-state index >= 15 is 0 Å². The predicted octanol–water partition coefficient (Wildman–Crippen LogP) is 2.11. The molecule has 0 atom stereocenters. The Balaban J connectivity index is 2.91. The molecule has 0 aliphatic carbocycles. The van der Waals surface area contributed by atoms with Crippen molar-refractivity contribution in [2.24, 2.45) is 0 Å². The van der Waals surface area contributed by atoms with E-state index in [1.165, 1.54) is 0 Å². The summed E-state index contributed by atoms with van der Waals surface area (Å²) in [6, 6.07) is 2.94. The highest BCUT2D eigenvalue weighted by molar-refractivity contribution is 5.25. The molecule has 0 saturated carbocycles. The fraction of sp³-hybridized carbons (Fsp3) is 0.400. The van der Waals surface area contributed by atoms with E-state index in [-0.39, 0.29) is 12.4 Å². The molecular formula is C10H12F2O2. The number of hydrogen-bond acceptors (Lipinski definition) is 2. The summed E-state index contributed by atoms with van der Waals surface area (Å²) >= 11 is 0. The smallest absolute Gasteiger partial charge is 0.165 e. The van der Waals surface area contributed by atoms with E-state index in [1.807, 2.05) is 0 Å². The van der Waals surface area contributed by atoms with Crippen LogP contribution < -0.4 is 4.74 Å². The van der Waals surface area contributed by atoms with Crippen LogP contribution in [0.25, 0.3) is 0 Å². The number of benzene rings is 1. The molecule has 78 valence electrons. The first-order valence-electron chi connectivity index (χ1n) is 4.19. The average Bonchev–Trinajstić information content (AvgIpc) is 2.11. The lowest BCUT2D eigenvalue weighted by Gasteiger charge is -2.24. The molecule has 0 saturated heterocycles. The number of rotatable bonds is 3. The molecule has 4 heteroatoms. The van der Waals surface area contributed by atoms with Gasteiger partial charge in [-0.3, -0.25) is 0 Å². The molecular weight excluding hydrogens is 190 g/mol. The van der Waals surface area contributed by atoms with E-state index in [2.05, 4.69) is 0 Å². The van der Waals surface area contributed by atoms with E-state index in [0.29, 0.717) is 0 Å². The fourth-order valence-corrected chi connectivity index (χ4v) is 0.885.